The van der Waals surface area contributed by atoms with Crippen molar-refractivity contribution in [2.45, 2.75) is 9.79 Å². The molecule has 6 aromatic rings. The number of fused-ring (bicyclic) bond motifs is 2. The zero-order valence-corrected chi connectivity index (χ0v) is 28.4. The molecule has 0 radical (unpaired) electrons. The monoisotopic (exact) mass is 708 g/mol. The van der Waals surface area contributed by atoms with Crippen molar-refractivity contribution in [3.63, 3.8) is 0 Å². The van der Waals surface area contributed by atoms with Crippen molar-refractivity contribution in [2.24, 2.45) is 0 Å². The molecular formula is C44H24N2O6S. The van der Waals surface area contributed by atoms with E-state index in [1.807, 2.05) is 60.7 Å². The molecule has 0 bridgehead atoms. The largest absolute Gasteiger partial charge is 0.268 e. The van der Waals surface area contributed by atoms with E-state index in [0.29, 0.717) is 11.1 Å². The molecule has 0 N–H and O–H groups in total. The Hall–Kier alpha value is -7.33. The maximum atomic E-state index is 14.0. The third kappa shape index (κ3) is 5.98. The average Bonchev–Trinajstić information content (AvgIpc) is 3.59. The Bertz CT molecular complexity index is 2600. The van der Waals surface area contributed by atoms with E-state index in [1.54, 1.807) is 24.3 Å². The molecule has 0 aliphatic carbocycles. The highest BCUT2D eigenvalue weighted by Crippen LogP contribution is 2.34. The number of imide groups is 2. The first-order valence-corrected chi connectivity index (χ1v) is 17.8. The van der Waals surface area contributed by atoms with Gasteiger partial charge in [0, 0.05) is 22.3 Å². The summed E-state index contributed by atoms with van der Waals surface area (Å²) < 4.78 is 28.0. The molecule has 0 spiro atoms. The maximum Gasteiger partial charge on any atom is 0.266 e. The molecule has 2 aliphatic heterocycles. The smallest absolute Gasteiger partial charge is 0.266 e. The highest BCUT2D eigenvalue weighted by Gasteiger charge is 2.39. The van der Waals surface area contributed by atoms with Crippen LogP contribution in [-0.4, -0.2) is 32.0 Å². The first-order valence-electron chi connectivity index (χ1n) is 16.3. The van der Waals surface area contributed by atoms with Gasteiger partial charge in [-0.1, -0.05) is 72.2 Å². The number of amides is 4. The number of benzene rings is 6. The fourth-order valence-corrected chi connectivity index (χ4v) is 7.49. The summed E-state index contributed by atoms with van der Waals surface area (Å²) in [5, 5.41) is 0. The lowest BCUT2D eigenvalue weighted by molar-refractivity contribution is 0.0910. The second-order valence-electron chi connectivity index (χ2n) is 12.1. The van der Waals surface area contributed by atoms with Crippen molar-refractivity contribution in [1.82, 2.24) is 0 Å². The van der Waals surface area contributed by atoms with Crippen molar-refractivity contribution in [3.8, 4) is 23.7 Å². The van der Waals surface area contributed by atoms with Crippen molar-refractivity contribution in [1.29, 1.82) is 0 Å². The van der Waals surface area contributed by atoms with Crippen molar-refractivity contribution >= 4 is 44.8 Å². The predicted molar refractivity (Wildman–Crippen MR) is 198 cm³/mol. The fraction of sp³-hybridized carbons (Fsp3) is 0. The number of carbonyl (C=O) groups excluding carboxylic acids is 4. The van der Waals surface area contributed by atoms with Crippen LogP contribution in [0, 0.1) is 23.7 Å². The van der Waals surface area contributed by atoms with Gasteiger partial charge < -0.3 is 0 Å². The Kier molecular flexibility index (Phi) is 8.11. The summed E-state index contributed by atoms with van der Waals surface area (Å²) in [6.45, 7) is 0. The number of anilines is 2. The van der Waals surface area contributed by atoms with Gasteiger partial charge in [0.15, 0.2) is 0 Å². The van der Waals surface area contributed by atoms with Gasteiger partial charge in [-0.3, -0.25) is 19.2 Å². The Morgan fingerprint density at radius 3 is 1.15 bits per heavy atom. The Labute approximate surface area is 304 Å². The highest BCUT2D eigenvalue weighted by atomic mass is 32.2. The summed E-state index contributed by atoms with van der Waals surface area (Å²) in [6, 6.07) is 39.2. The Morgan fingerprint density at radius 2 is 0.736 bits per heavy atom. The third-order valence-corrected chi connectivity index (χ3v) is 10.5. The number of sulfone groups is 1. The molecule has 8 nitrogen and oxygen atoms in total. The van der Waals surface area contributed by atoms with Gasteiger partial charge in [-0.25, -0.2) is 18.2 Å². The van der Waals surface area contributed by atoms with Gasteiger partial charge in [0.1, 0.15) is 0 Å². The quantitative estimate of drug-likeness (QED) is 0.145. The lowest BCUT2D eigenvalue weighted by atomic mass is 10.1. The molecule has 0 aromatic heterocycles. The van der Waals surface area contributed by atoms with E-state index in [4.69, 9.17) is 0 Å². The summed E-state index contributed by atoms with van der Waals surface area (Å²) in [5.41, 5.74) is 3.49. The highest BCUT2D eigenvalue weighted by molar-refractivity contribution is 7.91. The zero-order chi connectivity index (χ0) is 36.7. The van der Waals surface area contributed by atoms with Gasteiger partial charge in [-0.05, 0) is 97.1 Å². The molecule has 6 aromatic carbocycles. The minimum absolute atomic E-state index is 0.0665. The normalized spacial score (nSPS) is 13.2. The molecule has 2 heterocycles. The fourth-order valence-electron chi connectivity index (χ4n) is 6.15. The molecule has 0 saturated carbocycles. The van der Waals surface area contributed by atoms with Gasteiger partial charge in [0.05, 0.1) is 43.4 Å². The summed E-state index contributed by atoms with van der Waals surface area (Å²) in [4.78, 5) is 55.5. The van der Waals surface area contributed by atoms with Crippen LogP contribution in [0.1, 0.15) is 63.7 Å². The summed E-state index contributed by atoms with van der Waals surface area (Å²) in [5.74, 6) is 9.69. The van der Waals surface area contributed by atoms with E-state index in [1.165, 1.54) is 60.7 Å². The topological polar surface area (TPSA) is 109 Å². The molecule has 8 rings (SSSR count). The molecule has 0 fully saturated rings. The van der Waals surface area contributed by atoms with E-state index in [-0.39, 0.29) is 43.4 Å². The number of carbonyl (C=O) groups is 4. The lowest BCUT2D eigenvalue weighted by Crippen LogP contribution is -2.29. The standard InChI is InChI=1S/C44H24N2O6S/c47-41-37-23-21-31(19-17-29-9-3-1-4-10-29)25-39(37)43(49)45(41)33-13-7-15-35(27-33)53(51,52)36-16-8-14-34(28-36)46-42(48)38-24-22-32(26-40(38)44(46)50)20-18-30-11-5-2-6-12-30/h1-16,21-28H. The van der Waals surface area contributed by atoms with Gasteiger partial charge in [0.2, 0.25) is 9.84 Å². The lowest BCUT2D eigenvalue weighted by Gasteiger charge is -2.17. The van der Waals surface area contributed by atoms with Crippen LogP contribution in [0.4, 0.5) is 11.4 Å². The maximum absolute atomic E-state index is 14.0. The summed E-state index contributed by atoms with van der Waals surface area (Å²) >= 11 is 0. The number of hydrogen-bond acceptors (Lipinski definition) is 6. The average molecular weight is 709 g/mol. The molecule has 2 aliphatic rings. The first-order chi connectivity index (χ1) is 25.7. The minimum Gasteiger partial charge on any atom is -0.268 e. The second kappa shape index (κ2) is 13.1. The summed E-state index contributed by atoms with van der Waals surface area (Å²) in [6.07, 6.45) is 0. The summed E-state index contributed by atoms with van der Waals surface area (Å²) in [7, 11) is -4.26. The van der Waals surface area contributed by atoms with Crippen molar-refractivity contribution in [2.75, 3.05) is 9.80 Å². The molecular weight excluding hydrogens is 685 g/mol. The zero-order valence-electron chi connectivity index (χ0n) is 27.6. The molecule has 4 amide bonds. The van der Waals surface area contributed by atoms with Crippen LogP contribution in [0.25, 0.3) is 0 Å². The minimum atomic E-state index is -4.26. The Morgan fingerprint density at radius 1 is 0.358 bits per heavy atom. The van der Waals surface area contributed by atoms with Gasteiger partial charge >= 0.3 is 0 Å². The SMILES string of the molecule is O=C1c2ccc(C#Cc3ccccc3)cc2C(=O)N1c1cccc(S(=O)(=O)c2cccc(N3C(=O)c4ccc(C#Cc5ccccc5)cc4C3=O)c2)c1. The van der Waals surface area contributed by atoms with Crippen molar-refractivity contribution < 1.29 is 27.6 Å². The predicted octanol–water partition coefficient (Wildman–Crippen LogP) is 6.92. The second-order valence-corrected chi connectivity index (χ2v) is 14.1. The van der Waals surface area contributed by atoms with E-state index < -0.39 is 33.5 Å². The molecule has 53 heavy (non-hydrogen) atoms. The van der Waals surface area contributed by atoms with Gasteiger partial charge in [-0.2, -0.15) is 0 Å². The van der Waals surface area contributed by atoms with Crippen LogP contribution < -0.4 is 9.80 Å². The van der Waals surface area contributed by atoms with Gasteiger partial charge in [0.25, 0.3) is 23.6 Å². The van der Waals surface area contributed by atoms with E-state index >= 15 is 0 Å². The molecule has 0 saturated heterocycles. The van der Waals surface area contributed by atoms with Crippen LogP contribution in [0.3, 0.4) is 0 Å². The first kappa shape index (κ1) is 32.9. The van der Waals surface area contributed by atoms with Gasteiger partial charge in [-0.15, -0.1) is 0 Å². The van der Waals surface area contributed by atoms with E-state index in [2.05, 4.69) is 23.7 Å². The molecule has 0 atom stereocenters. The van der Waals surface area contributed by atoms with Crippen LogP contribution in [-0.2, 0) is 9.84 Å². The van der Waals surface area contributed by atoms with E-state index in [9.17, 15) is 27.6 Å². The Balaban J connectivity index is 1.05. The number of hydrogen-bond donors (Lipinski definition) is 0. The number of rotatable bonds is 4. The van der Waals surface area contributed by atoms with Crippen molar-refractivity contribution in [3.05, 3.63) is 190 Å². The van der Waals surface area contributed by atoms with Crippen LogP contribution in [0.2, 0.25) is 0 Å². The van der Waals surface area contributed by atoms with E-state index in [0.717, 1.165) is 20.9 Å². The van der Waals surface area contributed by atoms with Crippen LogP contribution >= 0.6 is 0 Å². The molecule has 9 heteroatoms. The molecule has 252 valence electrons. The van der Waals surface area contributed by atoms with Crippen LogP contribution in [0.5, 0.6) is 0 Å². The number of nitrogens with zero attached hydrogens (tertiary/aromatic N) is 2. The third-order valence-electron chi connectivity index (χ3n) is 8.80. The van der Waals surface area contributed by atoms with Crippen LogP contribution in [0.15, 0.2) is 155 Å². The molecule has 0 unspecified atom stereocenters.